The monoisotopic (exact) mass is 268 g/mol. The van der Waals surface area contributed by atoms with Gasteiger partial charge in [0, 0.05) is 11.7 Å². The zero-order valence-corrected chi connectivity index (χ0v) is 11.3. The number of aryl methyl sites for hydroxylation is 1. The van der Waals surface area contributed by atoms with E-state index in [0.29, 0.717) is 17.6 Å². The largest absolute Gasteiger partial charge is 0.348 e. The molecule has 1 saturated carbocycles. The molecular weight excluding hydrogens is 252 g/mol. The van der Waals surface area contributed by atoms with Gasteiger partial charge in [-0.2, -0.15) is 0 Å². The van der Waals surface area contributed by atoms with Crippen molar-refractivity contribution >= 4 is 17.4 Å². The van der Waals surface area contributed by atoms with Crippen LogP contribution in [0.3, 0.4) is 0 Å². The molecule has 2 aromatic rings. The molecule has 2 N–H and O–H groups in total. The maximum absolute atomic E-state index is 11.8. The Labute approximate surface area is 117 Å². The Balaban J connectivity index is 1.69. The van der Waals surface area contributed by atoms with Gasteiger partial charge in [0.15, 0.2) is 11.5 Å². The fourth-order valence-corrected chi connectivity index (χ4v) is 1.86. The number of benzene rings is 1. The van der Waals surface area contributed by atoms with Crippen LogP contribution in [0.25, 0.3) is 0 Å². The number of aromatic nitrogens is 2. The first-order chi connectivity index (χ1) is 9.72. The topological polar surface area (TPSA) is 66.9 Å². The summed E-state index contributed by atoms with van der Waals surface area (Å²) in [5.41, 5.74) is 2.47. The number of hydrogen-bond acceptors (Lipinski definition) is 4. The molecule has 1 heterocycles. The molecule has 0 radical (unpaired) electrons. The lowest BCUT2D eigenvalue weighted by Gasteiger charge is -2.08. The minimum absolute atomic E-state index is 0.151. The highest BCUT2D eigenvalue weighted by Gasteiger charge is 2.24. The fourth-order valence-electron chi connectivity index (χ4n) is 1.86. The molecule has 3 rings (SSSR count). The van der Waals surface area contributed by atoms with E-state index in [1.54, 1.807) is 12.1 Å². The summed E-state index contributed by atoms with van der Waals surface area (Å²) in [6, 6.07) is 11.7. The zero-order chi connectivity index (χ0) is 13.9. The van der Waals surface area contributed by atoms with Crippen molar-refractivity contribution in [2.24, 2.45) is 0 Å². The van der Waals surface area contributed by atoms with Crippen LogP contribution in [0.4, 0.5) is 11.5 Å². The van der Waals surface area contributed by atoms with E-state index < -0.39 is 0 Å². The third-order valence-electron chi connectivity index (χ3n) is 3.22. The number of anilines is 2. The molecule has 102 valence electrons. The Morgan fingerprint density at radius 3 is 2.60 bits per heavy atom. The molecule has 1 aromatic heterocycles. The van der Waals surface area contributed by atoms with Gasteiger partial charge < -0.3 is 10.6 Å². The summed E-state index contributed by atoms with van der Waals surface area (Å²) in [4.78, 5) is 11.8. The molecule has 1 aliphatic rings. The van der Waals surface area contributed by atoms with Crippen LogP contribution in [0.5, 0.6) is 0 Å². The van der Waals surface area contributed by atoms with Crippen LogP contribution in [-0.2, 0) is 0 Å². The first kappa shape index (κ1) is 12.6. The van der Waals surface area contributed by atoms with Gasteiger partial charge in [-0.05, 0) is 43.5 Å². The molecule has 5 heteroatoms. The Kier molecular flexibility index (Phi) is 3.33. The van der Waals surface area contributed by atoms with Gasteiger partial charge in [0.05, 0.1) is 0 Å². The van der Waals surface area contributed by atoms with E-state index in [0.717, 1.165) is 24.1 Å². The van der Waals surface area contributed by atoms with Gasteiger partial charge in [-0.3, -0.25) is 4.79 Å². The Hall–Kier alpha value is -2.43. The summed E-state index contributed by atoms with van der Waals surface area (Å²) >= 11 is 0. The minimum atomic E-state index is -0.151. The summed E-state index contributed by atoms with van der Waals surface area (Å²) in [5.74, 6) is 0.477. The van der Waals surface area contributed by atoms with Crippen molar-refractivity contribution in [2.45, 2.75) is 25.8 Å². The van der Waals surface area contributed by atoms with Crippen molar-refractivity contribution in [3.63, 3.8) is 0 Å². The van der Waals surface area contributed by atoms with Gasteiger partial charge in [-0.1, -0.05) is 18.2 Å². The summed E-state index contributed by atoms with van der Waals surface area (Å²) in [6.45, 7) is 2.02. The lowest BCUT2D eigenvalue weighted by Crippen LogP contribution is -2.26. The lowest BCUT2D eigenvalue weighted by atomic mass is 10.2. The van der Waals surface area contributed by atoms with Gasteiger partial charge in [0.25, 0.3) is 5.91 Å². The van der Waals surface area contributed by atoms with Gasteiger partial charge in [0.2, 0.25) is 0 Å². The van der Waals surface area contributed by atoms with Crippen molar-refractivity contribution in [3.05, 3.63) is 47.7 Å². The van der Waals surface area contributed by atoms with Crippen molar-refractivity contribution in [1.29, 1.82) is 0 Å². The summed E-state index contributed by atoms with van der Waals surface area (Å²) < 4.78 is 0. The predicted molar refractivity (Wildman–Crippen MR) is 77.0 cm³/mol. The molecule has 0 atom stereocenters. The number of carbonyl (C=O) groups excluding carboxylic acids is 1. The maximum Gasteiger partial charge on any atom is 0.272 e. The van der Waals surface area contributed by atoms with E-state index in [4.69, 9.17) is 0 Å². The number of hydrogen-bond donors (Lipinski definition) is 2. The van der Waals surface area contributed by atoms with Crippen molar-refractivity contribution in [2.75, 3.05) is 5.32 Å². The van der Waals surface area contributed by atoms with Crippen molar-refractivity contribution < 1.29 is 4.79 Å². The molecule has 0 spiro atoms. The van der Waals surface area contributed by atoms with Crippen LogP contribution in [0.1, 0.15) is 28.9 Å². The molecule has 1 aromatic carbocycles. The predicted octanol–water partition coefficient (Wildman–Crippen LogP) is 2.42. The summed E-state index contributed by atoms with van der Waals surface area (Å²) in [6.07, 6.45) is 2.12. The Morgan fingerprint density at radius 1 is 1.15 bits per heavy atom. The average Bonchev–Trinajstić information content (AvgIpc) is 3.26. The Morgan fingerprint density at radius 2 is 1.95 bits per heavy atom. The van der Waals surface area contributed by atoms with E-state index in [-0.39, 0.29) is 5.91 Å². The number of rotatable bonds is 4. The van der Waals surface area contributed by atoms with Crippen molar-refractivity contribution in [3.8, 4) is 0 Å². The third-order valence-corrected chi connectivity index (χ3v) is 3.22. The smallest absolute Gasteiger partial charge is 0.272 e. The molecule has 0 bridgehead atoms. The molecule has 1 fully saturated rings. The average molecular weight is 268 g/mol. The number of amides is 1. The van der Waals surface area contributed by atoms with E-state index in [9.17, 15) is 4.79 Å². The zero-order valence-electron chi connectivity index (χ0n) is 11.3. The highest BCUT2D eigenvalue weighted by Crippen LogP contribution is 2.20. The van der Waals surface area contributed by atoms with E-state index in [2.05, 4.69) is 20.8 Å². The molecule has 0 saturated heterocycles. The molecule has 20 heavy (non-hydrogen) atoms. The second-order valence-corrected chi connectivity index (χ2v) is 4.99. The molecule has 0 unspecified atom stereocenters. The second kappa shape index (κ2) is 5.28. The van der Waals surface area contributed by atoms with Crippen LogP contribution < -0.4 is 10.6 Å². The maximum atomic E-state index is 11.8. The first-order valence-electron chi connectivity index (χ1n) is 6.69. The summed E-state index contributed by atoms with van der Waals surface area (Å²) in [7, 11) is 0. The number of para-hydroxylation sites is 1. The minimum Gasteiger partial charge on any atom is -0.348 e. The number of nitrogens with one attached hydrogen (secondary N) is 2. The first-order valence-corrected chi connectivity index (χ1v) is 6.69. The number of nitrogens with zero attached hydrogens (tertiary/aromatic N) is 2. The summed E-state index contributed by atoms with van der Waals surface area (Å²) in [5, 5.41) is 14.1. The normalized spacial score (nSPS) is 13.8. The number of carbonyl (C=O) groups is 1. The van der Waals surface area contributed by atoms with Gasteiger partial charge in [-0.15, -0.1) is 10.2 Å². The molecule has 5 nitrogen and oxygen atoms in total. The van der Waals surface area contributed by atoms with Crippen LogP contribution in [0.15, 0.2) is 36.4 Å². The Bertz CT molecular complexity index is 620. The highest BCUT2D eigenvalue weighted by molar-refractivity contribution is 5.92. The van der Waals surface area contributed by atoms with Gasteiger partial charge in [0.1, 0.15) is 0 Å². The van der Waals surface area contributed by atoms with Crippen LogP contribution in [0, 0.1) is 6.92 Å². The second-order valence-electron chi connectivity index (χ2n) is 4.99. The lowest BCUT2D eigenvalue weighted by molar-refractivity contribution is 0.0945. The molecule has 0 aliphatic heterocycles. The van der Waals surface area contributed by atoms with Gasteiger partial charge >= 0.3 is 0 Å². The molecule has 1 amide bonds. The highest BCUT2D eigenvalue weighted by atomic mass is 16.2. The van der Waals surface area contributed by atoms with Crippen molar-refractivity contribution in [1.82, 2.24) is 15.5 Å². The van der Waals surface area contributed by atoms with Gasteiger partial charge in [-0.25, -0.2) is 0 Å². The molecule has 1 aliphatic carbocycles. The van der Waals surface area contributed by atoms with Crippen LogP contribution in [-0.4, -0.2) is 22.1 Å². The molecular formula is C15H16N4O. The van der Waals surface area contributed by atoms with E-state index in [1.807, 2.05) is 31.2 Å². The SMILES string of the molecule is Cc1ccccc1Nc1ccc(C(=O)NC2CC2)nn1. The third kappa shape index (κ3) is 2.93. The quantitative estimate of drug-likeness (QED) is 0.893. The van der Waals surface area contributed by atoms with E-state index >= 15 is 0 Å². The van der Waals surface area contributed by atoms with E-state index in [1.165, 1.54) is 0 Å². The van der Waals surface area contributed by atoms with Crippen LogP contribution >= 0.6 is 0 Å². The fraction of sp³-hybridized carbons (Fsp3) is 0.267. The standard InChI is InChI=1S/C15H16N4O/c1-10-4-2-3-5-12(10)17-14-9-8-13(18-19-14)15(20)16-11-6-7-11/h2-5,8-9,11H,6-7H2,1H3,(H,16,20)(H,17,19). The van der Waals surface area contributed by atoms with Crippen LogP contribution in [0.2, 0.25) is 0 Å².